The van der Waals surface area contributed by atoms with Crippen LogP contribution in [0.3, 0.4) is 0 Å². The molecule has 1 aliphatic heterocycles. The van der Waals surface area contributed by atoms with Gasteiger partial charge in [0.05, 0.1) is 6.54 Å². The lowest BCUT2D eigenvalue weighted by atomic mass is 10.0. The maximum Gasteiger partial charge on any atom is 0.191 e. The lowest BCUT2D eigenvalue weighted by Gasteiger charge is -2.35. The van der Waals surface area contributed by atoms with Gasteiger partial charge in [0.2, 0.25) is 0 Å². The highest BCUT2D eigenvalue weighted by atomic mass is 15.3. The van der Waals surface area contributed by atoms with Crippen LogP contribution in [0.4, 0.5) is 0 Å². The summed E-state index contributed by atoms with van der Waals surface area (Å²) in [4.78, 5) is 9.76. The second-order valence-corrected chi connectivity index (χ2v) is 7.60. The van der Waals surface area contributed by atoms with Crippen molar-refractivity contribution in [3.63, 3.8) is 0 Å². The van der Waals surface area contributed by atoms with Gasteiger partial charge in [-0.3, -0.25) is 9.89 Å². The Balaban J connectivity index is 1.84. The minimum Gasteiger partial charge on any atom is -0.357 e. The molecule has 5 heteroatoms. The lowest BCUT2D eigenvalue weighted by Crippen LogP contribution is -2.49. The number of piperazine rings is 1. The first-order chi connectivity index (χ1) is 12.5. The van der Waals surface area contributed by atoms with Crippen molar-refractivity contribution in [2.24, 2.45) is 4.99 Å². The molecule has 1 fully saturated rings. The van der Waals surface area contributed by atoms with Crippen LogP contribution in [0.1, 0.15) is 37.8 Å². The van der Waals surface area contributed by atoms with Crippen LogP contribution in [0.2, 0.25) is 0 Å². The second-order valence-electron chi connectivity index (χ2n) is 7.60. The van der Waals surface area contributed by atoms with E-state index in [2.05, 4.69) is 79.4 Å². The number of likely N-dealkylation sites (N-methyl/N-ethyl adjacent to an activating group) is 1. The molecule has 2 rings (SSSR count). The van der Waals surface area contributed by atoms with Crippen molar-refractivity contribution in [2.75, 3.05) is 52.9 Å². The molecule has 146 valence electrons. The molecule has 1 heterocycles. The first kappa shape index (κ1) is 20.7. The molecule has 0 amide bonds. The van der Waals surface area contributed by atoms with Crippen molar-refractivity contribution >= 4 is 5.96 Å². The summed E-state index contributed by atoms with van der Waals surface area (Å²) in [5, 5.41) is 6.89. The van der Waals surface area contributed by atoms with Gasteiger partial charge in [-0.25, -0.2) is 0 Å². The number of nitrogens with one attached hydrogen (secondary N) is 2. The van der Waals surface area contributed by atoms with E-state index in [1.54, 1.807) is 0 Å². The number of aliphatic imine (C=N–C) groups is 1. The number of guanidine groups is 1. The van der Waals surface area contributed by atoms with Crippen LogP contribution in [0, 0.1) is 6.92 Å². The fraction of sp³-hybridized carbons (Fsp3) is 0.667. The zero-order valence-corrected chi connectivity index (χ0v) is 17.3. The Kier molecular flexibility index (Phi) is 8.39. The van der Waals surface area contributed by atoms with Crippen molar-refractivity contribution in [1.29, 1.82) is 0 Å². The SMILES string of the molecule is CCNC(=NCC(C)N1CCN(C)CC1)NCC(C)c1ccc(C)cc1. The number of nitrogens with zero attached hydrogens (tertiary/aromatic N) is 3. The van der Waals surface area contributed by atoms with E-state index in [0.29, 0.717) is 12.0 Å². The molecule has 0 saturated carbocycles. The van der Waals surface area contributed by atoms with Gasteiger partial charge in [0.25, 0.3) is 0 Å². The summed E-state index contributed by atoms with van der Waals surface area (Å²) >= 11 is 0. The highest BCUT2D eigenvalue weighted by molar-refractivity contribution is 5.79. The Morgan fingerprint density at radius 3 is 2.35 bits per heavy atom. The van der Waals surface area contributed by atoms with E-state index in [4.69, 9.17) is 4.99 Å². The van der Waals surface area contributed by atoms with Crippen molar-refractivity contribution in [1.82, 2.24) is 20.4 Å². The zero-order chi connectivity index (χ0) is 18.9. The van der Waals surface area contributed by atoms with Gasteiger partial charge >= 0.3 is 0 Å². The molecule has 0 radical (unpaired) electrons. The molecule has 1 saturated heterocycles. The average molecular weight is 360 g/mol. The minimum atomic E-state index is 0.453. The van der Waals surface area contributed by atoms with Crippen LogP contribution in [-0.4, -0.2) is 74.7 Å². The van der Waals surface area contributed by atoms with Gasteiger partial charge in [-0.1, -0.05) is 36.8 Å². The van der Waals surface area contributed by atoms with E-state index in [1.165, 1.54) is 11.1 Å². The predicted molar refractivity (Wildman–Crippen MR) is 112 cm³/mol. The van der Waals surface area contributed by atoms with Crippen molar-refractivity contribution in [3.05, 3.63) is 35.4 Å². The van der Waals surface area contributed by atoms with Gasteiger partial charge in [-0.05, 0) is 39.3 Å². The van der Waals surface area contributed by atoms with E-state index in [9.17, 15) is 0 Å². The van der Waals surface area contributed by atoms with Gasteiger partial charge in [0, 0.05) is 45.3 Å². The molecule has 1 aliphatic rings. The van der Waals surface area contributed by atoms with Crippen LogP contribution >= 0.6 is 0 Å². The minimum absolute atomic E-state index is 0.453. The molecule has 2 atom stereocenters. The number of aryl methyl sites for hydroxylation is 1. The maximum atomic E-state index is 4.83. The van der Waals surface area contributed by atoms with E-state index in [1.807, 2.05) is 0 Å². The average Bonchev–Trinajstić information content (AvgIpc) is 2.64. The smallest absolute Gasteiger partial charge is 0.191 e. The monoisotopic (exact) mass is 359 g/mol. The third-order valence-corrected chi connectivity index (χ3v) is 5.24. The van der Waals surface area contributed by atoms with Crippen LogP contribution in [0.5, 0.6) is 0 Å². The molecule has 0 aromatic heterocycles. The molecule has 1 aromatic carbocycles. The summed E-state index contributed by atoms with van der Waals surface area (Å²) in [6.45, 7) is 16.0. The van der Waals surface area contributed by atoms with E-state index in [-0.39, 0.29) is 0 Å². The summed E-state index contributed by atoms with van der Waals surface area (Å²) in [6.07, 6.45) is 0. The molecule has 0 aliphatic carbocycles. The Morgan fingerprint density at radius 2 is 1.73 bits per heavy atom. The Bertz CT molecular complexity index is 546. The number of hydrogen-bond acceptors (Lipinski definition) is 3. The maximum absolute atomic E-state index is 4.83. The van der Waals surface area contributed by atoms with Crippen LogP contribution in [0.25, 0.3) is 0 Å². The van der Waals surface area contributed by atoms with E-state index < -0.39 is 0 Å². The first-order valence-corrected chi connectivity index (χ1v) is 10.0. The van der Waals surface area contributed by atoms with Crippen molar-refractivity contribution < 1.29 is 0 Å². The topological polar surface area (TPSA) is 42.9 Å². The van der Waals surface area contributed by atoms with Crippen molar-refractivity contribution in [2.45, 2.75) is 39.7 Å². The summed E-state index contributed by atoms with van der Waals surface area (Å²) in [6, 6.07) is 9.29. The molecule has 1 aromatic rings. The molecule has 2 unspecified atom stereocenters. The Morgan fingerprint density at radius 1 is 1.08 bits per heavy atom. The zero-order valence-electron chi connectivity index (χ0n) is 17.3. The van der Waals surface area contributed by atoms with Gasteiger partial charge in [-0.15, -0.1) is 0 Å². The predicted octanol–water partition coefficient (Wildman–Crippen LogP) is 2.29. The Hall–Kier alpha value is -1.59. The fourth-order valence-corrected chi connectivity index (χ4v) is 3.21. The number of hydrogen-bond donors (Lipinski definition) is 2. The summed E-state index contributed by atoms with van der Waals surface area (Å²) in [5.41, 5.74) is 2.67. The fourth-order valence-electron chi connectivity index (χ4n) is 3.21. The van der Waals surface area contributed by atoms with Gasteiger partial charge in [0.15, 0.2) is 5.96 Å². The number of benzene rings is 1. The summed E-state index contributed by atoms with van der Waals surface area (Å²) in [7, 11) is 2.20. The molecule has 5 nitrogen and oxygen atoms in total. The molecule has 0 spiro atoms. The molecule has 26 heavy (non-hydrogen) atoms. The summed E-state index contributed by atoms with van der Waals surface area (Å²) in [5.74, 6) is 1.38. The third-order valence-electron chi connectivity index (χ3n) is 5.24. The molecular weight excluding hydrogens is 322 g/mol. The standard InChI is InChI=1S/C21H37N5/c1-6-22-21(23-15-18(3)20-9-7-17(2)8-10-20)24-16-19(4)26-13-11-25(5)12-14-26/h7-10,18-19H,6,11-16H2,1-5H3,(H2,22,23,24). The quantitative estimate of drug-likeness (QED) is 0.579. The highest BCUT2D eigenvalue weighted by Gasteiger charge is 2.18. The molecule has 0 bridgehead atoms. The van der Waals surface area contributed by atoms with Crippen LogP contribution in [-0.2, 0) is 0 Å². The largest absolute Gasteiger partial charge is 0.357 e. The van der Waals surface area contributed by atoms with Crippen molar-refractivity contribution in [3.8, 4) is 0 Å². The summed E-state index contributed by atoms with van der Waals surface area (Å²) < 4.78 is 0. The second kappa shape index (κ2) is 10.5. The van der Waals surface area contributed by atoms with E-state index in [0.717, 1.165) is 51.8 Å². The first-order valence-electron chi connectivity index (χ1n) is 10.0. The van der Waals surface area contributed by atoms with Gasteiger partial charge < -0.3 is 15.5 Å². The lowest BCUT2D eigenvalue weighted by molar-refractivity contribution is 0.122. The Labute approximate surface area is 159 Å². The van der Waals surface area contributed by atoms with Crippen LogP contribution in [0.15, 0.2) is 29.3 Å². The van der Waals surface area contributed by atoms with Gasteiger partial charge in [0.1, 0.15) is 0 Å². The van der Waals surface area contributed by atoms with E-state index >= 15 is 0 Å². The van der Waals surface area contributed by atoms with Gasteiger partial charge in [-0.2, -0.15) is 0 Å². The highest BCUT2D eigenvalue weighted by Crippen LogP contribution is 2.14. The normalized spacial score (nSPS) is 19.2. The van der Waals surface area contributed by atoms with Crippen LogP contribution < -0.4 is 10.6 Å². The third kappa shape index (κ3) is 6.61. The molecular formula is C21H37N5. The molecule has 2 N–H and O–H groups in total. The number of rotatable bonds is 7.